The molecule has 1 heterocycles. The maximum Gasteiger partial charge on any atom is 0.407 e. The van der Waals surface area contributed by atoms with Crippen LogP contribution in [0.25, 0.3) is 6.08 Å². The molecule has 1 N–H and O–H groups in total. The van der Waals surface area contributed by atoms with Crippen molar-refractivity contribution in [2.75, 3.05) is 24.5 Å². The Morgan fingerprint density at radius 3 is 2.62 bits per heavy atom. The second kappa shape index (κ2) is 8.76. The van der Waals surface area contributed by atoms with Crippen molar-refractivity contribution in [3.05, 3.63) is 35.9 Å². The first kappa shape index (κ1) is 18.4. The van der Waals surface area contributed by atoms with Gasteiger partial charge in [-0.1, -0.05) is 30.4 Å². The van der Waals surface area contributed by atoms with E-state index < -0.39 is 5.60 Å². The molecule has 132 valence electrons. The Kier molecular flexibility index (Phi) is 6.71. The predicted octanol–water partition coefficient (Wildman–Crippen LogP) is 4.60. The van der Waals surface area contributed by atoms with E-state index in [1.54, 1.807) is 0 Å². The summed E-state index contributed by atoms with van der Waals surface area (Å²) in [6, 6.07) is 8.53. The normalized spacial score (nSPS) is 15.5. The van der Waals surface area contributed by atoms with Crippen LogP contribution in [-0.4, -0.2) is 31.3 Å². The van der Waals surface area contributed by atoms with Crippen LogP contribution in [0.15, 0.2) is 30.3 Å². The molecule has 1 aromatic rings. The number of nitrogens with zero attached hydrogens (tertiary/aromatic N) is 1. The molecule has 24 heavy (non-hydrogen) atoms. The molecule has 1 fully saturated rings. The largest absolute Gasteiger partial charge is 0.444 e. The van der Waals surface area contributed by atoms with E-state index in [2.05, 4.69) is 46.6 Å². The maximum absolute atomic E-state index is 11.6. The fraction of sp³-hybridized carbons (Fsp3) is 0.550. The Morgan fingerprint density at radius 2 is 1.92 bits per heavy atom. The predicted molar refractivity (Wildman–Crippen MR) is 100 cm³/mol. The van der Waals surface area contributed by atoms with Crippen molar-refractivity contribution < 1.29 is 9.53 Å². The van der Waals surface area contributed by atoms with Gasteiger partial charge in [0.2, 0.25) is 0 Å². The van der Waals surface area contributed by atoms with Crippen molar-refractivity contribution >= 4 is 17.9 Å². The molecule has 4 nitrogen and oxygen atoms in total. The minimum absolute atomic E-state index is 0.357. The second-order valence-electron chi connectivity index (χ2n) is 7.23. The Bertz CT molecular complexity index is 555. The second-order valence-corrected chi connectivity index (χ2v) is 7.23. The Labute approximate surface area is 145 Å². The summed E-state index contributed by atoms with van der Waals surface area (Å²) >= 11 is 0. The molecule has 1 aromatic carbocycles. The summed E-state index contributed by atoms with van der Waals surface area (Å²) in [5, 5.41) is 2.78. The number of nitrogens with one attached hydrogen (secondary N) is 1. The molecular formula is C20H30N2O2. The summed E-state index contributed by atoms with van der Waals surface area (Å²) in [7, 11) is 0. The minimum Gasteiger partial charge on any atom is -0.444 e. The molecule has 0 radical (unpaired) electrons. The maximum atomic E-state index is 11.6. The lowest BCUT2D eigenvalue weighted by atomic mass is 10.1. The molecule has 0 aromatic heterocycles. The zero-order chi connectivity index (χ0) is 17.4. The molecule has 2 rings (SSSR count). The number of alkyl carbamates (subject to hydrolysis) is 1. The van der Waals surface area contributed by atoms with Gasteiger partial charge in [-0.25, -0.2) is 4.79 Å². The van der Waals surface area contributed by atoms with Crippen LogP contribution in [0.3, 0.4) is 0 Å². The molecule has 1 aliphatic rings. The van der Waals surface area contributed by atoms with E-state index in [1.165, 1.54) is 30.5 Å². The molecule has 1 saturated heterocycles. The van der Waals surface area contributed by atoms with Gasteiger partial charge in [0.05, 0.1) is 0 Å². The quantitative estimate of drug-likeness (QED) is 0.802. The van der Waals surface area contributed by atoms with Gasteiger partial charge in [0, 0.05) is 25.3 Å². The first-order valence-corrected chi connectivity index (χ1v) is 8.93. The fourth-order valence-electron chi connectivity index (χ4n) is 2.83. The van der Waals surface area contributed by atoms with Gasteiger partial charge in [0.15, 0.2) is 0 Å². The van der Waals surface area contributed by atoms with Crippen molar-refractivity contribution in [3.8, 4) is 0 Å². The number of hydrogen-bond donors (Lipinski definition) is 1. The average Bonchev–Trinajstić information content (AvgIpc) is 2.54. The van der Waals surface area contributed by atoms with Crippen molar-refractivity contribution in [2.45, 2.75) is 52.1 Å². The minimum atomic E-state index is -0.451. The van der Waals surface area contributed by atoms with Gasteiger partial charge < -0.3 is 15.0 Å². The Balaban J connectivity index is 1.83. The standard InChI is InChI=1S/C20H30N2O2/c1-20(2,3)24-19(23)21-14-8-7-12-17-11-5-6-13-18(17)22-15-9-4-10-16-22/h5-7,11-13H,4,8-10,14-16H2,1-3H3,(H,21,23). The molecule has 0 unspecified atom stereocenters. The van der Waals surface area contributed by atoms with Gasteiger partial charge >= 0.3 is 6.09 Å². The first-order chi connectivity index (χ1) is 11.5. The van der Waals surface area contributed by atoms with Crippen LogP contribution >= 0.6 is 0 Å². The molecule has 1 amide bonds. The van der Waals surface area contributed by atoms with Crippen LogP contribution < -0.4 is 10.2 Å². The van der Waals surface area contributed by atoms with E-state index in [4.69, 9.17) is 4.74 Å². The number of para-hydroxylation sites is 1. The molecule has 0 spiro atoms. The van der Waals surface area contributed by atoms with Crippen molar-refractivity contribution in [1.82, 2.24) is 5.32 Å². The molecular weight excluding hydrogens is 300 g/mol. The third-order valence-corrected chi connectivity index (χ3v) is 3.91. The summed E-state index contributed by atoms with van der Waals surface area (Å²) in [5.41, 5.74) is 2.11. The van der Waals surface area contributed by atoms with Gasteiger partial charge in [-0.3, -0.25) is 0 Å². The topological polar surface area (TPSA) is 41.6 Å². The monoisotopic (exact) mass is 330 g/mol. The lowest BCUT2D eigenvalue weighted by Crippen LogP contribution is -2.32. The fourth-order valence-corrected chi connectivity index (χ4v) is 2.83. The highest BCUT2D eigenvalue weighted by Crippen LogP contribution is 2.25. The zero-order valence-corrected chi connectivity index (χ0v) is 15.2. The van der Waals surface area contributed by atoms with Crippen molar-refractivity contribution in [2.24, 2.45) is 0 Å². The third-order valence-electron chi connectivity index (χ3n) is 3.91. The molecule has 1 aliphatic heterocycles. The summed E-state index contributed by atoms with van der Waals surface area (Å²) in [6.45, 7) is 8.46. The number of carbonyl (C=O) groups is 1. The highest BCUT2D eigenvalue weighted by atomic mass is 16.6. The van der Waals surface area contributed by atoms with E-state index in [0.29, 0.717) is 6.54 Å². The van der Waals surface area contributed by atoms with E-state index in [9.17, 15) is 4.79 Å². The summed E-state index contributed by atoms with van der Waals surface area (Å²) < 4.78 is 5.22. The van der Waals surface area contributed by atoms with Crippen LogP contribution in [0, 0.1) is 0 Å². The van der Waals surface area contributed by atoms with E-state index in [0.717, 1.165) is 19.5 Å². The van der Waals surface area contributed by atoms with Crippen LogP contribution in [-0.2, 0) is 4.74 Å². The van der Waals surface area contributed by atoms with Crippen molar-refractivity contribution in [1.29, 1.82) is 0 Å². The smallest absolute Gasteiger partial charge is 0.407 e. The average molecular weight is 330 g/mol. The Morgan fingerprint density at radius 1 is 1.21 bits per heavy atom. The van der Waals surface area contributed by atoms with Gasteiger partial charge in [0.25, 0.3) is 0 Å². The molecule has 0 aliphatic carbocycles. The Hall–Kier alpha value is -1.97. The van der Waals surface area contributed by atoms with Gasteiger partial charge in [-0.2, -0.15) is 0 Å². The number of rotatable bonds is 5. The number of anilines is 1. The molecule has 0 bridgehead atoms. The highest BCUT2D eigenvalue weighted by molar-refractivity contribution is 5.68. The summed E-state index contributed by atoms with van der Waals surface area (Å²) in [4.78, 5) is 14.1. The van der Waals surface area contributed by atoms with Crippen LogP contribution in [0.2, 0.25) is 0 Å². The van der Waals surface area contributed by atoms with E-state index >= 15 is 0 Å². The number of piperidine rings is 1. The molecule has 0 atom stereocenters. The van der Waals surface area contributed by atoms with Crippen LogP contribution in [0.1, 0.15) is 52.0 Å². The van der Waals surface area contributed by atoms with Gasteiger partial charge in [-0.15, -0.1) is 0 Å². The first-order valence-electron chi connectivity index (χ1n) is 8.93. The third kappa shape index (κ3) is 6.26. The summed E-state index contributed by atoms with van der Waals surface area (Å²) in [6.07, 6.45) is 8.58. The van der Waals surface area contributed by atoms with E-state index in [-0.39, 0.29) is 6.09 Å². The van der Waals surface area contributed by atoms with Crippen molar-refractivity contribution in [3.63, 3.8) is 0 Å². The lowest BCUT2D eigenvalue weighted by Gasteiger charge is -2.30. The molecule has 4 heteroatoms. The number of amides is 1. The van der Waals surface area contributed by atoms with E-state index in [1.807, 2.05) is 20.8 Å². The zero-order valence-electron chi connectivity index (χ0n) is 15.2. The summed E-state index contributed by atoms with van der Waals surface area (Å²) in [5.74, 6) is 0. The van der Waals surface area contributed by atoms with Crippen LogP contribution in [0.5, 0.6) is 0 Å². The number of hydrogen-bond acceptors (Lipinski definition) is 3. The van der Waals surface area contributed by atoms with Crippen LogP contribution in [0.4, 0.5) is 10.5 Å². The van der Waals surface area contributed by atoms with Gasteiger partial charge in [0.1, 0.15) is 5.60 Å². The number of ether oxygens (including phenoxy) is 1. The molecule has 0 saturated carbocycles. The number of benzene rings is 1. The lowest BCUT2D eigenvalue weighted by molar-refractivity contribution is 0.0529. The SMILES string of the molecule is CC(C)(C)OC(=O)NCCC=Cc1ccccc1N1CCCCC1. The number of carbonyl (C=O) groups excluding carboxylic acids is 1. The van der Waals surface area contributed by atoms with Gasteiger partial charge in [-0.05, 0) is 58.1 Å². The highest BCUT2D eigenvalue weighted by Gasteiger charge is 2.15.